The van der Waals surface area contributed by atoms with Crippen LogP contribution >= 0.6 is 0 Å². The molecule has 0 fully saturated rings. The van der Waals surface area contributed by atoms with Crippen LogP contribution in [0.25, 0.3) is 0 Å². The summed E-state index contributed by atoms with van der Waals surface area (Å²) in [7, 11) is -0.566. The third kappa shape index (κ3) is 4.58. The van der Waals surface area contributed by atoms with Crippen LogP contribution < -0.4 is 5.19 Å². The Morgan fingerprint density at radius 1 is 0.727 bits per heavy atom. The molecule has 0 bridgehead atoms. The fourth-order valence-electron chi connectivity index (χ4n) is 6.46. The van der Waals surface area contributed by atoms with Gasteiger partial charge in [-0.05, 0) is 0 Å². The van der Waals surface area contributed by atoms with Gasteiger partial charge in [0.2, 0.25) is 0 Å². The van der Waals surface area contributed by atoms with Crippen LogP contribution in [0.4, 0.5) is 0 Å². The fraction of sp³-hybridized carbons (Fsp3) is 0.484. The van der Waals surface area contributed by atoms with Crippen molar-refractivity contribution in [1.29, 1.82) is 0 Å². The Balaban J connectivity index is 2.33. The van der Waals surface area contributed by atoms with E-state index in [1.807, 2.05) is 0 Å². The van der Waals surface area contributed by atoms with Gasteiger partial charge in [0.25, 0.3) is 0 Å². The second-order valence-electron chi connectivity index (χ2n) is 10.7. The zero-order chi connectivity index (χ0) is 24.7. The molecule has 0 aliphatic heterocycles. The molecular formula is C31H45SiTi. The first-order valence-corrected chi connectivity index (χ1v) is 18.3. The van der Waals surface area contributed by atoms with Crippen molar-refractivity contribution >= 4 is 14.7 Å². The van der Waals surface area contributed by atoms with E-state index in [1.54, 1.807) is 33.0 Å². The molecule has 2 aromatic carbocycles. The molecule has 0 nitrogen and oxygen atoms in total. The quantitative estimate of drug-likeness (QED) is 0.345. The van der Waals surface area contributed by atoms with E-state index in [0.29, 0.717) is 5.54 Å². The molecule has 177 valence electrons. The molecule has 0 spiro atoms. The molecule has 1 atom stereocenters. The average Bonchev–Trinajstić information content (AvgIpc) is 2.96. The Morgan fingerprint density at radius 2 is 1.18 bits per heavy atom. The fourth-order valence-corrected chi connectivity index (χ4v) is 15.6. The summed E-state index contributed by atoms with van der Waals surface area (Å²) in [6.45, 7) is 21.2. The third-order valence-corrected chi connectivity index (χ3v) is 16.1. The summed E-state index contributed by atoms with van der Waals surface area (Å²) in [4.78, 5) is 0. The van der Waals surface area contributed by atoms with Crippen molar-refractivity contribution in [3.05, 3.63) is 86.0 Å². The number of allylic oxidation sites excluding steroid dienone is 4. The summed E-state index contributed by atoms with van der Waals surface area (Å²) < 4.78 is 0.282. The molecule has 1 aliphatic carbocycles. The van der Waals surface area contributed by atoms with Gasteiger partial charge >= 0.3 is 213 Å². The first-order chi connectivity index (χ1) is 15.5. The number of rotatable bonds is 7. The topological polar surface area (TPSA) is 0 Å². The second kappa shape index (κ2) is 10.2. The molecule has 0 amide bonds. The van der Waals surface area contributed by atoms with Crippen molar-refractivity contribution < 1.29 is 17.9 Å². The molecule has 1 aliphatic rings. The van der Waals surface area contributed by atoms with Gasteiger partial charge in [-0.1, -0.05) is 0 Å². The SMILES string of the molecule is CCc1cc(CC)cc(C([SiH2]c2cc(C)c(C)c(C)c2)[C]2([Ti]([CH3])[CH3])C(C)=C(C)C(C)=C2C)c1. The van der Waals surface area contributed by atoms with Gasteiger partial charge in [0.1, 0.15) is 0 Å². The molecule has 33 heavy (non-hydrogen) atoms. The van der Waals surface area contributed by atoms with Gasteiger partial charge in [-0.25, -0.2) is 0 Å². The normalized spacial score (nSPS) is 16.9. The number of benzene rings is 2. The standard InChI is InChI=1S/C29H39Si.2CH3.Ti/c1-10-24-14-25(11-2)16-26(15-24)29(28-22(8)20(6)21(7)23(28)9)30-27-12-17(3)19(5)18(4)13-27;;;/h12-16,29H,10-11,30H2,1-9H3;2*1H3;. The van der Waals surface area contributed by atoms with Crippen LogP contribution in [0.2, 0.25) is 14.2 Å². The van der Waals surface area contributed by atoms with Crippen LogP contribution in [0.5, 0.6) is 0 Å². The Kier molecular flexibility index (Phi) is 8.20. The number of hydrogen-bond acceptors (Lipinski definition) is 0. The van der Waals surface area contributed by atoms with E-state index in [1.165, 1.54) is 27.8 Å². The first kappa shape index (κ1) is 26.5. The molecule has 0 aromatic heterocycles. The van der Waals surface area contributed by atoms with Crippen molar-refractivity contribution in [2.24, 2.45) is 0 Å². The second-order valence-corrected chi connectivity index (χ2v) is 17.1. The van der Waals surface area contributed by atoms with Crippen LogP contribution in [-0.4, -0.2) is 9.52 Å². The van der Waals surface area contributed by atoms with E-state index in [-0.39, 0.29) is 3.72 Å². The number of hydrogen-bond donors (Lipinski definition) is 0. The Morgan fingerprint density at radius 3 is 1.58 bits per heavy atom. The predicted molar refractivity (Wildman–Crippen MR) is 148 cm³/mol. The molecule has 3 rings (SSSR count). The summed E-state index contributed by atoms with van der Waals surface area (Å²) in [5.41, 5.74) is 16.2. The van der Waals surface area contributed by atoms with Gasteiger partial charge in [0, 0.05) is 0 Å². The molecule has 2 aromatic rings. The Bertz CT molecular complexity index is 1050. The van der Waals surface area contributed by atoms with Crippen molar-refractivity contribution in [2.45, 2.75) is 94.9 Å². The van der Waals surface area contributed by atoms with Crippen LogP contribution in [0, 0.1) is 20.8 Å². The summed E-state index contributed by atoms with van der Waals surface area (Å²) >= 11 is -1.41. The molecule has 0 saturated heterocycles. The van der Waals surface area contributed by atoms with Gasteiger partial charge in [0.15, 0.2) is 0 Å². The van der Waals surface area contributed by atoms with Gasteiger partial charge in [0.05, 0.1) is 0 Å². The monoisotopic (exact) mass is 493 g/mol. The third-order valence-electron chi connectivity index (χ3n) is 8.90. The van der Waals surface area contributed by atoms with E-state index < -0.39 is 27.4 Å². The summed E-state index contributed by atoms with van der Waals surface area (Å²) in [6, 6.07) is 12.7. The van der Waals surface area contributed by atoms with Crippen LogP contribution in [0.15, 0.2) is 52.6 Å². The van der Waals surface area contributed by atoms with E-state index >= 15 is 0 Å². The summed E-state index contributed by atoms with van der Waals surface area (Å²) in [5.74, 6) is 0. The van der Waals surface area contributed by atoms with Crippen LogP contribution in [0.1, 0.15) is 80.5 Å². The minimum absolute atomic E-state index is 0.282. The molecule has 2 heteroatoms. The average molecular weight is 494 g/mol. The van der Waals surface area contributed by atoms with Crippen LogP contribution in [-0.2, 0) is 30.7 Å². The number of aryl methyl sites for hydroxylation is 4. The van der Waals surface area contributed by atoms with Gasteiger partial charge in [-0.2, -0.15) is 0 Å². The molecular weight excluding hydrogens is 448 g/mol. The first-order valence-electron chi connectivity index (χ1n) is 12.8. The zero-order valence-electron chi connectivity index (χ0n) is 23.1. The van der Waals surface area contributed by atoms with Crippen LogP contribution in [0.3, 0.4) is 0 Å². The molecule has 0 N–H and O–H groups in total. The molecule has 1 unspecified atom stereocenters. The van der Waals surface area contributed by atoms with Crippen molar-refractivity contribution in [3.63, 3.8) is 0 Å². The van der Waals surface area contributed by atoms with Crippen molar-refractivity contribution in [2.75, 3.05) is 0 Å². The molecule has 0 heterocycles. The van der Waals surface area contributed by atoms with E-state index in [0.717, 1.165) is 12.8 Å². The van der Waals surface area contributed by atoms with E-state index in [4.69, 9.17) is 0 Å². The van der Waals surface area contributed by atoms with Gasteiger partial charge < -0.3 is 0 Å². The maximum absolute atomic E-state index is 2.64. The maximum atomic E-state index is 2.64. The molecule has 0 saturated carbocycles. The van der Waals surface area contributed by atoms with Crippen molar-refractivity contribution in [1.82, 2.24) is 0 Å². The van der Waals surface area contributed by atoms with E-state index in [9.17, 15) is 0 Å². The van der Waals surface area contributed by atoms with Gasteiger partial charge in [-0.3, -0.25) is 0 Å². The Labute approximate surface area is 212 Å². The van der Waals surface area contributed by atoms with E-state index in [2.05, 4.69) is 103 Å². The zero-order valence-corrected chi connectivity index (χ0v) is 26.1. The summed E-state index contributed by atoms with van der Waals surface area (Å²) in [5, 5.41) is 6.91. The molecule has 0 radical (unpaired) electrons. The summed E-state index contributed by atoms with van der Waals surface area (Å²) in [6.07, 6.45) is 2.24. The Hall–Kier alpha value is -1.15. The predicted octanol–water partition coefficient (Wildman–Crippen LogP) is 7.83. The van der Waals surface area contributed by atoms with Gasteiger partial charge in [-0.15, -0.1) is 0 Å². The van der Waals surface area contributed by atoms with Crippen molar-refractivity contribution in [3.8, 4) is 0 Å². The minimum atomic E-state index is -1.41.